The second-order valence-corrected chi connectivity index (χ2v) is 3.13. The lowest BCUT2D eigenvalue weighted by molar-refractivity contribution is -0.141. The van der Waals surface area contributed by atoms with E-state index >= 15 is 0 Å². The minimum Gasteiger partial charge on any atom is -0.460 e. The van der Waals surface area contributed by atoms with Crippen molar-refractivity contribution in [1.82, 2.24) is 0 Å². The maximum absolute atomic E-state index is 10.6. The van der Waals surface area contributed by atoms with Gasteiger partial charge in [0.05, 0.1) is 6.61 Å². The van der Waals surface area contributed by atoms with Gasteiger partial charge < -0.3 is 4.74 Å². The fourth-order valence-corrected chi connectivity index (χ4v) is 0.606. The molecule has 1 atom stereocenters. The molecule has 15 heavy (non-hydrogen) atoms. The topological polar surface area (TPSA) is 72.8 Å². The van der Waals surface area contributed by atoms with Gasteiger partial charge in [-0.3, -0.25) is 0 Å². The van der Waals surface area contributed by atoms with Crippen LogP contribution in [0.1, 0.15) is 33.6 Å². The van der Waals surface area contributed by atoms with E-state index in [0.29, 0.717) is 0 Å². The Kier molecular flexibility index (Phi) is 12.3. The average molecular weight is 237 g/mol. The molecular weight excluding hydrogens is 219 g/mol. The highest BCUT2D eigenvalue weighted by atomic mass is 31.1. The third-order valence-corrected chi connectivity index (χ3v) is 1.57. The molecule has 0 aromatic rings. The highest BCUT2D eigenvalue weighted by molar-refractivity contribution is 7.32. The van der Waals surface area contributed by atoms with Gasteiger partial charge in [0.25, 0.3) is 5.76 Å². The summed E-state index contributed by atoms with van der Waals surface area (Å²) in [5, 5.41) is 0. The summed E-state index contributed by atoms with van der Waals surface area (Å²) >= 11 is 0. The first kappa shape index (κ1) is 16.5. The smallest absolute Gasteiger partial charge is 0.460 e. The highest BCUT2D eigenvalue weighted by Gasteiger charge is 2.21. The van der Waals surface area contributed by atoms with Gasteiger partial charge in [0.15, 0.2) is 0 Å². The molecule has 0 saturated heterocycles. The van der Waals surface area contributed by atoms with Crippen molar-refractivity contribution in [1.29, 1.82) is 0 Å². The largest absolute Gasteiger partial charge is 0.747 e. The summed E-state index contributed by atoms with van der Waals surface area (Å²) < 4.78 is 18.4. The molecular formula is C9H18O5P+. The Hall–Kier alpha value is -0.930. The summed E-state index contributed by atoms with van der Waals surface area (Å²) in [6.07, 6.45) is 2.64. The molecule has 0 spiro atoms. The van der Waals surface area contributed by atoms with Gasteiger partial charge in [-0.05, 0) is 13.5 Å². The number of carbonyl (C=O) groups is 1. The molecule has 6 heteroatoms. The van der Waals surface area contributed by atoms with Crippen LogP contribution in [0, 0.1) is 0 Å². The van der Waals surface area contributed by atoms with E-state index in [4.69, 9.17) is 4.89 Å². The number of hydrogen-bond donors (Lipinski definition) is 1. The zero-order valence-corrected chi connectivity index (χ0v) is 10.3. The van der Waals surface area contributed by atoms with Gasteiger partial charge in [0.1, 0.15) is 0 Å². The summed E-state index contributed by atoms with van der Waals surface area (Å²) in [5.41, 5.74) is 0. The number of carbonyl (C=O) groups excluding carboxylic acids is 1. The molecule has 0 saturated carbocycles. The van der Waals surface area contributed by atoms with Crippen molar-refractivity contribution in [2.75, 3.05) is 6.61 Å². The number of hydrogen-bond acceptors (Lipinski definition) is 4. The Labute approximate surface area is 91.0 Å². The van der Waals surface area contributed by atoms with Gasteiger partial charge in [-0.25, -0.2) is 9.32 Å². The molecule has 0 aromatic heterocycles. The number of rotatable bonds is 5. The van der Waals surface area contributed by atoms with E-state index < -0.39 is 20.0 Å². The van der Waals surface area contributed by atoms with Gasteiger partial charge in [-0.1, -0.05) is 26.7 Å². The van der Waals surface area contributed by atoms with Crippen LogP contribution >= 0.6 is 8.25 Å². The molecule has 1 N–H and O–H groups in total. The van der Waals surface area contributed by atoms with Crippen LogP contribution in [-0.4, -0.2) is 17.5 Å². The zero-order chi connectivity index (χ0) is 12.3. The van der Waals surface area contributed by atoms with Crippen LogP contribution in [0.15, 0.2) is 12.3 Å². The lowest BCUT2D eigenvalue weighted by atomic mass is 10.4. The van der Waals surface area contributed by atoms with Crippen LogP contribution in [0.4, 0.5) is 0 Å². The summed E-state index contributed by atoms with van der Waals surface area (Å²) in [7, 11) is -2.83. The molecule has 0 bridgehead atoms. The van der Waals surface area contributed by atoms with Crippen molar-refractivity contribution < 1.29 is 23.5 Å². The number of esters is 1. The van der Waals surface area contributed by atoms with Crippen molar-refractivity contribution in [2.24, 2.45) is 0 Å². The molecule has 5 nitrogen and oxygen atoms in total. The predicted molar refractivity (Wildman–Crippen MR) is 57.3 cm³/mol. The minimum absolute atomic E-state index is 0.170. The molecule has 1 unspecified atom stereocenters. The van der Waals surface area contributed by atoms with Crippen molar-refractivity contribution in [3.8, 4) is 0 Å². The summed E-state index contributed by atoms with van der Waals surface area (Å²) in [6, 6.07) is 0. The van der Waals surface area contributed by atoms with Crippen LogP contribution in [0.5, 0.6) is 0 Å². The van der Waals surface area contributed by atoms with Crippen LogP contribution in [0.25, 0.3) is 0 Å². The van der Waals surface area contributed by atoms with E-state index in [9.17, 15) is 9.36 Å². The van der Waals surface area contributed by atoms with Crippen LogP contribution in [-0.2, 0) is 18.6 Å². The summed E-state index contributed by atoms with van der Waals surface area (Å²) in [5.74, 6) is -1.29. The standard InChI is InChI=1S/C5H7O5P.C4H10/c1-3-9-5(6)4(2)10-11(7)8;1-3-4-2/h2-3H2,1H3;3-4H2,1-2H3/p+1. The molecule has 0 aliphatic rings. The van der Waals surface area contributed by atoms with E-state index in [0.717, 1.165) is 0 Å². The van der Waals surface area contributed by atoms with E-state index in [-0.39, 0.29) is 6.61 Å². The van der Waals surface area contributed by atoms with E-state index in [1.807, 2.05) is 0 Å². The van der Waals surface area contributed by atoms with Crippen molar-refractivity contribution in [3.63, 3.8) is 0 Å². The van der Waals surface area contributed by atoms with E-state index in [2.05, 4.69) is 29.7 Å². The second kappa shape index (κ2) is 11.1. The predicted octanol–water partition coefficient (Wildman–Crippen LogP) is 2.54. The monoisotopic (exact) mass is 237 g/mol. The zero-order valence-electron chi connectivity index (χ0n) is 9.36. The molecule has 0 radical (unpaired) electrons. The Morgan fingerprint density at radius 1 is 1.33 bits per heavy atom. The Morgan fingerprint density at radius 3 is 2.07 bits per heavy atom. The van der Waals surface area contributed by atoms with Crippen molar-refractivity contribution in [2.45, 2.75) is 33.6 Å². The van der Waals surface area contributed by atoms with Crippen LogP contribution < -0.4 is 0 Å². The summed E-state index contributed by atoms with van der Waals surface area (Å²) in [4.78, 5) is 18.8. The van der Waals surface area contributed by atoms with Gasteiger partial charge in [-0.15, -0.1) is 4.89 Å². The van der Waals surface area contributed by atoms with E-state index in [1.54, 1.807) is 6.92 Å². The van der Waals surface area contributed by atoms with Crippen molar-refractivity contribution >= 4 is 14.2 Å². The lowest BCUT2D eigenvalue weighted by Gasteiger charge is -1.96. The molecule has 0 rings (SSSR count). The van der Waals surface area contributed by atoms with Crippen LogP contribution in [0.3, 0.4) is 0 Å². The number of ether oxygens (including phenoxy) is 1. The van der Waals surface area contributed by atoms with Gasteiger partial charge in [-0.2, -0.15) is 0 Å². The Balaban J connectivity index is 0. The maximum Gasteiger partial charge on any atom is 0.747 e. The first-order valence-corrected chi connectivity index (χ1v) is 5.82. The minimum atomic E-state index is -2.83. The number of unbranched alkanes of at least 4 members (excludes halogenated alkanes) is 1. The highest BCUT2D eigenvalue weighted by Crippen LogP contribution is 2.19. The molecule has 0 fully saturated rings. The normalized spacial score (nSPS) is 9.47. The Morgan fingerprint density at radius 2 is 1.80 bits per heavy atom. The third kappa shape index (κ3) is 13.1. The first-order chi connectivity index (χ1) is 6.99. The van der Waals surface area contributed by atoms with Gasteiger partial charge >= 0.3 is 14.2 Å². The average Bonchev–Trinajstić information content (AvgIpc) is 2.17. The second-order valence-electron chi connectivity index (χ2n) is 2.47. The third-order valence-electron chi connectivity index (χ3n) is 1.19. The maximum atomic E-state index is 10.6. The van der Waals surface area contributed by atoms with Crippen LogP contribution in [0.2, 0.25) is 0 Å². The van der Waals surface area contributed by atoms with Crippen molar-refractivity contribution in [3.05, 3.63) is 12.3 Å². The molecule has 0 amide bonds. The molecule has 0 aliphatic heterocycles. The summed E-state index contributed by atoms with van der Waals surface area (Å²) in [6.45, 7) is 9.21. The molecule has 0 heterocycles. The van der Waals surface area contributed by atoms with Gasteiger partial charge in [0.2, 0.25) is 0 Å². The Bertz CT molecular complexity index is 213. The fraction of sp³-hybridized carbons (Fsp3) is 0.667. The first-order valence-electron chi connectivity index (χ1n) is 4.69. The molecule has 0 aliphatic carbocycles. The SMILES string of the molecule is C=C(O[P+](=O)O)C(=O)OCC.CCCC. The quantitative estimate of drug-likeness (QED) is 0.344. The molecule has 88 valence electrons. The lowest BCUT2D eigenvalue weighted by Crippen LogP contribution is -2.06. The fourth-order valence-electron chi connectivity index (χ4n) is 0.343. The van der Waals surface area contributed by atoms with Gasteiger partial charge in [0, 0.05) is 4.57 Å². The van der Waals surface area contributed by atoms with E-state index in [1.165, 1.54) is 12.8 Å². The molecule has 0 aromatic carbocycles.